The molecule has 0 aliphatic heterocycles. The van der Waals surface area contributed by atoms with Crippen LogP contribution >= 0.6 is 22.9 Å². The van der Waals surface area contributed by atoms with Crippen LogP contribution in [0.3, 0.4) is 0 Å². The van der Waals surface area contributed by atoms with Crippen molar-refractivity contribution in [1.82, 2.24) is 0 Å². The minimum Gasteiger partial charge on any atom is -0.497 e. The lowest BCUT2D eigenvalue weighted by atomic mass is 10.0. The zero-order valence-electron chi connectivity index (χ0n) is 11.6. The maximum Gasteiger partial charge on any atom is 0.204 e. The highest BCUT2D eigenvalue weighted by molar-refractivity contribution is 7.21. The number of carbonyl (C=O) groups excluding carboxylic acids is 1. The first-order valence-electron chi connectivity index (χ1n) is 6.48. The fraction of sp³-hybridized carbons (Fsp3) is 0.118. The van der Waals surface area contributed by atoms with E-state index in [2.05, 4.69) is 0 Å². The molecule has 0 aliphatic carbocycles. The predicted molar refractivity (Wildman–Crippen MR) is 88.0 cm³/mol. The molecule has 1 heterocycles. The van der Waals surface area contributed by atoms with Gasteiger partial charge in [-0.3, -0.25) is 4.79 Å². The molecule has 2 aromatic carbocycles. The van der Waals surface area contributed by atoms with Crippen molar-refractivity contribution >= 4 is 38.8 Å². The SMILES string of the molecule is COc1ccc2c(Cl)c(C(=O)c3ccccc3C)sc2c1. The van der Waals surface area contributed by atoms with Crippen LogP contribution in [0.1, 0.15) is 20.8 Å². The highest BCUT2D eigenvalue weighted by Crippen LogP contribution is 2.38. The van der Waals surface area contributed by atoms with Crippen molar-refractivity contribution in [3.05, 3.63) is 63.5 Å². The van der Waals surface area contributed by atoms with Gasteiger partial charge in [-0.2, -0.15) is 0 Å². The van der Waals surface area contributed by atoms with Gasteiger partial charge in [0.25, 0.3) is 0 Å². The molecule has 0 bridgehead atoms. The van der Waals surface area contributed by atoms with Gasteiger partial charge in [-0.15, -0.1) is 11.3 Å². The molecule has 0 N–H and O–H groups in total. The number of thiophene rings is 1. The molecular weight excluding hydrogens is 304 g/mol. The maximum atomic E-state index is 12.7. The molecule has 0 amide bonds. The summed E-state index contributed by atoms with van der Waals surface area (Å²) < 4.78 is 6.17. The van der Waals surface area contributed by atoms with Crippen molar-refractivity contribution in [3.8, 4) is 5.75 Å². The number of aryl methyl sites for hydroxylation is 1. The summed E-state index contributed by atoms with van der Waals surface area (Å²) in [4.78, 5) is 13.3. The largest absolute Gasteiger partial charge is 0.497 e. The fourth-order valence-electron chi connectivity index (χ4n) is 2.27. The zero-order valence-corrected chi connectivity index (χ0v) is 13.2. The Kier molecular flexibility index (Phi) is 3.70. The summed E-state index contributed by atoms with van der Waals surface area (Å²) in [7, 11) is 1.62. The molecule has 1 aromatic heterocycles. The van der Waals surface area contributed by atoms with Crippen LogP contribution in [0.25, 0.3) is 10.1 Å². The van der Waals surface area contributed by atoms with Gasteiger partial charge >= 0.3 is 0 Å². The van der Waals surface area contributed by atoms with Crippen LogP contribution in [0.4, 0.5) is 0 Å². The molecule has 3 rings (SSSR count). The monoisotopic (exact) mass is 316 g/mol. The van der Waals surface area contributed by atoms with E-state index in [0.717, 1.165) is 21.4 Å². The van der Waals surface area contributed by atoms with Crippen molar-refractivity contribution in [1.29, 1.82) is 0 Å². The third kappa shape index (κ3) is 2.43. The Morgan fingerprint density at radius 3 is 2.67 bits per heavy atom. The first kappa shape index (κ1) is 14.1. The van der Waals surface area contributed by atoms with E-state index in [1.165, 1.54) is 11.3 Å². The van der Waals surface area contributed by atoms with Gasteiger partial charge in [0.05, 0.1) is 17.0 Å². The van der Waals surface area contributed by atoms with E-state index in [-0.39, 0.29) is 5.78 Å². The van der Waals surface area contributed by atoms with Gasteiger partial charge in [0.2, 0.25) is 5.78 Å². The first-order chi connectivity index (χ1) is 10.1. The maximum absolute atomic E-state index is 12.7. The van der Waals surface area contributed by atoms with E-state index >= 15 is 0 Å². The Balaban J connectivity index is 2.14. The molecule has 0 saturated carbocycles. The van der Waals surface area contributed by atoms with Crippen molar-refractivity contribution in [2.75, 3.05) is 7.11 Å². The summed E-state index contributed by atoms with van der Waals surface area (Å²) in [5.41, 5.74) is 1.64. The number of ketones is 1. The number of benzene rings is 2. The summed E-state index contributed by atoms with van der Waals surface area (Å²) in [5.74, 6) is 0.730. The van der Waals surface area contributed by atoms with E-state index in [1.54, 1.807) is 7.11 Å². The summed E-state index contributed by atoms with van der Waals surface area (Å²) >= 11 is 7.80. The molecule has 3 aromatic rings. The number of halogens is 1. The van der Waals surface area contributed by atoms with Crippen molar-refractivity contribution in [2.24, 2.45) is 0 Å². The highest BCUT2D eigenvalue weighted by Gasteiger charge is 2.20. The summed E-state index contributed by atoms with van der Waals surface area (Å²) in [5, 5.41) is 1.41. The van der Waals surface area contributed by atoms with Crippen LogP contribution in [0, 0.1) is 6.92 Å². The lowest BCUT2D eigenvalue weighted by Gasteiger charge is -2.02. The highest BCUT2D eigenvalue weighted by atomic mass is 35.5. The number of hydrogen-bond acceptors (Lipinski definition) is 3. The van der Waals surface area contributed by atoms with E-state index < -0.39 is 0 Å². The van der Waals surface area contributed by atoms with Crippen LogP contribution in [0.2, 0.25) is 5.02 Å². The molecule has 0 radical (unpaired) electrons. The van der Waals surface area contributed by atoms with Gasteiger partial charge in [-0.05, 0) is 30.7 Å². The molecule has 0 aliphatic rings. The number of rotatable bonds is 3. The average Bonchev–Trinajstić information content (AvgIpc) is 2.83. The third-order valence-electron chi connectivity index (χ3n) is 3.43. The number of ether oxygens (including phenoxy) is 1. The number of carbonyl (C=O) groups is 1. The van der Waals surface area contributed by atoms with Crippen LogP contribution in [0.15, 0.2) is 42.5 Å². The smallest absolute Gasteiger partial charge is 0.204 e. The molecule has 0 spiro atoms. The minimum atomic E-state index is -0.0294. The normalized spacial score (nSPS) is 10.8. The minimum absolute atomic E-state index is 0.0294. The molecule has 4 heteroatoms. The Labute approximate surface area is 131 Å². The molecule has 2 nitrogen and oxygen atoms in total. The van der Waals surface area contributed by atoms with Crippen molar-refractivity contribution in [2.45, 2.75) is 6.92 Å². The van der Waals surface area contributed by atoms with Gasteiger partial charge in [-0.1, -0.05) is 35.9 Å². The van der Waals surface area contributed by atoms with Gasteiger partial charge in [0.15, 0.2) is 0 Å². The Hall–Kier alpha value is -1.84. The van der Waals surface area contributed by atoms with Crippen LogP contribution in [-0.4, -0.2) is 12.9 Å². The van der Waals surface area contributed by atoms with Gasteiger partial charge in [0.1, 0.15) is 5.75 Å². The predicted octanol–water partition coefficient (Wildman–Crippen LogP) is 5.10. The van der Waals surface area contributed by atoms with Crippen LogP contribution in [0.5, 0.6) is 5.75 Å². The summed E-state index contributed by atoms with van der Waals surface area (Å²) in [6, 6.07) is 13.2. The Bertz CT molecular complexity index is 836. The van der Waals surface area contributed by atoms with Crippen LogP contribution in [-0.2, 0) is 0 Å². The van der Waals surface area contributed by atoms with E-state index in [4.69, 9.17) is 16.3 Å². The molecule has 0 fully saturated rings. The Morgan fingerprint density at radius 2 is 1.95 bits per heavy atom. The molecular formula is C17H13ClO2S. The van der Waals surface area contributed by atoms with Crippen molar-refractivity contribution < 1.29 is 9.53 Å². The second kappa shape index (κ2) is 5.51. The lowest BCUT2D eigenvalue weighted by Crippen LogP contribution is -2.01. The molecule has 106 valence electrons. The van der Waals surface area contributed by atoms with Crippen LogP contribution < -0.4 is 4.74 Å². The molecule has 0 unspecified atom stereocenters. The van der Waals surface area contributed by atoms with E-state index in [1.807, 2.05) is 49.4 Å². The zero-order chi connectivity index (χ0) is 15.0. The first-order valence-corrected chi connectivity index (χ1v) is 7.67. The van der Waals surface area contributed by atoms with Gasteiger partial charge in [-0.25, -0.2) is 0 Å². The second-order valence-corrected chi connectivity index (χ2v) is 6.18. The molecule has 0 atom stereocenters. The average molecular weight is 317 g/mol. The Morgan fingerprint density at radius 1 is 1.19 bits per heavy atom. The van der Waals surface area contributed by atoms with Crippen molar-refractivity contribution in [3.63, 3.8) is 0 Å². The molecule has 0 saturated heterocycles. The number of fused-ring (bicyclic) bond motifs is 1. The topological polar surface area (TPSA) is 26.3 Å². The lowest BCUT2D eigenvalue weighted by molar-refractivity contribution is 0.104. The fourth-order valence-corrected chi connectivity index (χ4v) is 3.77. The summed E-state index contributed by atoms with van der Waals surface area (Å²) in [6.45, 7) is 1.93. The molecule has 21 heavy (non-hydrogen) atoms. The van der Waals surface area contributed by atoms with Gasteiger partial charge < -0.3 is 4.74 Å². The van der Waals surface area contributed by atoms with E-state index in [0.29, 0.717) is 15.5 Å². The quantitative estimate of drug-likeness (QED) is 0.628. The summed E-state index contributed by atoms with van der Waals surface area (Å²) in [6.07, 6.45) is 0. The van der Waals surface area contributed by atoms with Gasteiger partial charge in [0, 0.05) is 15.6 Å². The third-order valence-corrected chi connectivity index (χ3v) is 5.09. The second-order valence-electron chi connectivity index (χ2n) is 4.75. The standard InChI is InChI=1S/C17H13ClO2S/c1-10-5-3-4-6-12(10)16(19)17-15(18)13-8-7-11(20-2)9-14(13)21-17/h3-9H,1-2H3. The van der Waals surface area contributed by atoms with E-state index in [9.17, 15) is 4.79 Å². The number of hydrogen-bond donors (Lipinski definition) is 0. The number of methoxy groups -OCH3 is 1.